The monoisotopic (exact) mass is 283 g/mol. The van der Waals surface area contributed by atoms with Crippen LogP contribution in [0.15, 0.2) is 24.3 Å². The standard InChI is InChI=1S/C15H22FNO3/c1-13(2,3)15(14(4,5)19,20-12(17)18)10-8-6-7-9-11(10)16/h6-9,19H,1-5H3,(H2,17,18). The Morgan fingerprint density at radius 2 is 1.70 bits per heavy atom. The lowest BCUT2D eigenvalue weighted by Crippen LogP contribution is -2.59. The van der Waals surface area contributed by atoms with E-state index in [9.17, 15) is 14.3 Å². The van der Waals surface area contributed by atoms with Gasteiger partial charge in [0, 0.05) is 11.0 Å². The normalized spacial score (nSPS) is 15.6. The largest absolute Gasteiger partial charge is 0.434 e. The smallest absolute Gasteiger partial charge is 0.405 e. The number of hydrogen-bond donors (Lipinski definition) is 2. The molecule has 1 unspecified atom stereocenters. The van der Waals surface area contributed by atoms with Gasteiger partial charge in [0.1, 0.15) is 11.4 Å². The molecule has 0 bridgehead atoms. The second-order valence-electron chi connectivity index (χ2n) is 6.39. The Kier molecular flexibility index (Phi) is 4.15. The van der Waals surface area contributed by atoms with E-state index in [2.05, 4.69) is 0 Å². The van der Waals surface area contributed by atoms with Crippen LogP contribution in [-0.2, 0) is 10.3 Å². The summed E-state index contributed by atoms with van der Waals surface area (Å²) in [6.45, 7) is 8.18. The molecule has 0 saturated heterocycles. The molecule has 1 aromatic rings. The first-order chi connectivity index (χ1) is 8.93. The minimum absolute atomic E-state index is 0.0961. The second kappa shape index (κ2) is 5.05. The van der Waals surface area contributed by atoms with Gasteiger partial charge in [-0.2, -0.15) is 0 Å². The molecule has 5 heteroatoms. The van der Waals surface area contributed by atoms with E-state index in [0.717, 1.165) is 0 Å². The van der Waals surface area contributed by atoms with Crippen LogP contribution >= 0.6 is 0 Å². The fourth-order valence-electron chi connectivity index (χ4n) is 2.88. The van der Waals surface area contributed by atoms with Crippen LogP contribution in [0.1, 0.15) is 40.2 Å². The van der Waals surface area contributed by atoms with Crippen molar-refractivity contribution >= 4 is 6.09 Å². The van der Waals surface area contributed by atoms with Gasteiger partial charge in [-0.1, -0.05) is 39.0 Å². The van der Waals surface area contributed by atoms with Crippen molar-refractivity contribution in [1.29, 1.82) is 0 Å². The highest BCUT2D eigenvalue weighted by Crippen LogP contribution is 2.50. The number of ether oxygens (including phenoxy) is 1. The Labute approximate surface area is 118 Å². The van der Waals surface area contributed by atoms with Crippen molar-refractivity contribution in [2.24, 2.45) is 11.1 Å². The molecule has 0 aromatic heterocycles. The number of halogens is 1. The Bertz CT molecular complexity index is 487. The molecule has 0 saturated carbocycles. The van der Waals surface area contributed by atoms with E-state index in [1.165, 1.54) is 32.0 Å². The van der Waals surface area contributed by atoms with E-state index < -0.39 is 28.5 Å². The fourth-order valence-corrected chi connectivity index (χ4v) is 2.88. The molecule has 0 heterocycles. The van der Waals surface area contributed by atoms with Crippen LogP contribution in [0.5, 0.6) is 0 Å². The van der Waals surface area contributed by atoms with Crippen molar-refractivity contribution in [1.82, 2.24) is 0 Å². The Balaban J connectivity index is 3.71. The molecule has 0 radical (unpaired) electrons. The van der Waals surface area contributed by atoms with Crippen LogP contribution in [0.4, 0.5) is 9.18 Å². The lowest BCUT2D eigenvalue weighted by atomic mass is 9.63. The third kappa shape index (κ3) is 2.63. The number of primary amides is 1. The van der Waals surface area contributed by atoms with Crippen LogP contribution < -0.4 is 5.73 Å². The molecule has 3 N–H and O–H groups in total. The minimum Gasteiger partial charge on any atom is -0.434 e. The first kappa shape index (κ1) is 16.4. The van der Waals surface area contributed by atoms with Crippen molar-refractivity contribution in [3.05, 3.63) is 35.6 Å². The van der Waals surface area contributed by atoms with E-state index in [1.807, 2.05) is 0 Å². The van der Waals surface area contributed by atoms with Gasteiger partial charge in [0.25, 0.3) is 0 Å². The first-order valence-electron chi connectivity index (χ1n) is 6.39. The molecule has 0 fully saturated rings. The number of amides is 1. The quantitative estimate of drug-likeness (QED) is 0.895. The average Bonchev–Trinajstić information content (AvgIpc) is 2.23. The first-order valence-corrected chi connectivity index (χ1v) is 6.39. The number of rotatable bonds is 3. The molecule has 4 nitrogen and oxygen atoms in total. The van der Waals surface area contributed by atoms with Crippen LogP contribution in [-0.4, -0.2) is 16.8 Å². The molecule has 1 rings (SSSR count). The van der Waals surface area contributed by atoms with E-state index >= 15 is 0 Å². The lowest BCUT2D eigenvalue weighted by molar-refractivity contribution is -0.195. The molecule has 0 aliphatic rings. The summed E-state index contributed by atoms with van der Waals surface area (Å²) >= 11 is 0. The summed E-state index contributed by atoms with van der Waals surface area (Å²) in [6, 6.07) is 5.89. The van der Waals surface area contributed by atoms with Gasteiger partial charge < -0.3 is 15.6 Å². The summed E-state index contributed by atoms with van der Waals surface area (Å²) in [6.07, 6.45) is -1.06. The van der Waals surface area contributed by atoms with Crippen LogP contribution in [0, 0.1) is 11.2 Å². The van der Waals surface area contributed by atoms with E-state index in [-0.39, 0.29) is 5.56 Å². The third-order valence-electron chi connectivity index (χ3n) is 3.42. The zero-order chi connectivity index (χ0) is 15.8. The van der Waals surface area contributed by atoms with Crippen LogP contribution in [0.3, 0.4) is 0 Å². The molecule has 20 heavy (non-hydrogen) atoms. The predicted octanol–water partition coefficient (Wildman–Crippen LogP) is 2.93. The minimum atomic E-state index is -1.61. The predicted molar refractivity (Wildman–Crippen MR) is 74.5 cm³/mol. The summed E-state index contributed by atoms with van der Waals surface area (Å²) in [5, 5.41) is 10.6. The highest BCUT2D eigenvalue weighted by atomic mass is 19.1. The molecular weight excluding hydrogens is 261 g/mol. The second-order valence-corrected chi connectivity index (χ2v) is 6.39. The Morgan fingerprint density at radius 3 is 2.05 bits per heavy atom. The summed E-state index contributed by atoms with van der Waals surface area (Å²) < 4.78 is 19.5. The maximum absolute atomic E-state index is 14.3. The van der Waals surface area contributed by atoms with Gasteiger partial charge in [-0.15, -0.1) is 0 Å². The van der Waals surface area contributed by atoms with E-state index in [0.29, 0.717) is 0 Å². The van der Waals surface area contributed by atoms with Gasteiger partial charge in [-0.3, -0.25) is 0 Å². The van der Waals surface area contributed by atoms with Crippen molar-refractivity contribution in [3.8, 4) is 0 Å². The summed E-state index contributed by atoms with van der Waals surface area (Å²) in [5.41, 5.74) is 1.32. The number of nitrogens with two attached hydrogens (primary N) is 1. The third-order valence-corrected chi connectivity index (χ3v) is 3.42. The molecule has 1 aromatic carbocycles. The molecule has 0 aliphatic carbocycles. The lowest BCUT2D eigenvalue weighted by Gasteiger charge is -2.50. The van der Waals surface area contributed by atoms with E-state index in [4.69, 9.17) is 10.5 Å². The highest BCUT2D eigenvalue weighted by Gasteiger charge is 2.58. The fraction of sp³-hybridized carbons (Fsp3) is 0.533. The number of carbonyl (C=O) groups is 1. The topological polar surface area (TPSA) is 72.5 Å². The van der Waals surface area contributed by atoms with Crippen LogP contribution in [0.2, 0.25) is 0 Å². The SMILES string of the molecule is CC(C)(C)C(OC(N)=O)(c1ccccc1F)C(C)(C)O. The van der Waals surface area contributed by atoms with Gasteiger partial charge in [-0.25, -0.2) is 9.18 Å². The Morgan fingerprint density at radius 1 is 1.20 bits per heavy atom. The highest BCUT2D eigenvalue weighted by molar-refractivity contribution is 5.66. The zero-order valence-corrected chi connectivity index (χ0v) is 12.5. The maximum atomic E-state index is 14.3. The van der Waals surface area contributed by atoms with Gasteiger partial charge in [0.15, 0.2) is 5.60 Å². The maximum Gasteiger partial charge on any atom is 0.405 e. The molecule has 0 spiro atoms. The number of benzene rings is 1. The number of carbonyl (C=O) groups excluding carboxylic acids is 1. The molecule has 1 amide bonds. The number of hydrogen-bond acceptors (Lipinski definition) is 3. The van der Waals surface area contributed by atoms with Crippen molar-refractivity contribution in [2.75, 3.05) is 0 Å². The van der Waals surface area contributed by atoms with Gasteiger partial charge >= 0.3 is 6.09 Å². The van der Waals surface area contributed by atoms with Gasteiger partial charge in [-0.05, 0) is 19.9 Å². The molecule has 112 valence electrons. The average molecular weight is 283 g/mol. The summed E-state index contributed by atoms with van der Waals surface area (Å²) in [7, 11) is 0. The zero-order valence-electron chi connectivity index (χ0n) is 12.5. The van der Waals surface area contributed by atoms with Gasteiger partial charge in [0.05, 0.1) is 0 Å². The van der Waals surface area contributed by atoms with E-state index in [1.54, 1.807) is 26.8 Å². The van der Waals surface area contributed by atoms with Crippen molar-refractivity contribution in [3.63, 3.8) is 0 Å². The van der Waals surface area contributed by atoms with Crippen molar-refractivity contribution in [2.45, 2.75) is 45.8 Å². The number of aliphatic hydroxyl groups is 1. The molecule has 1 atom stereocenters. The van der Waals surface area contributed by atoms with Crippen molar-refractivity contribution < 1.29 is 19.0 Å². The molecular formula is C15H22FNO3. The van der Waals surface area contributed by atoms with Gasteiger partial charge in [0.2, 0.25) is 0 Å². The summed E-state index contributed by atoms with van der Waals surface area (Å²) in [5.74, 6) is -0.564. The Hall–Kier alpha value is -1.62. The molecule has 0 aliphatic heterocycles. The van der Waals surface area contributed by atoms with Crippen LogP contribution in [0.25, 0.3) is 0 Å². The summed E-state index contributed by atoms with van der Waals surface area (Å²) in [4.78, 5) is 11.4.